The maximum atomic E-state index is 12.8. The molecule has 0 spiro atoms. The van der Waals surface area contributed by atoms with E-state index in [9.17, 15) is 8.78 Å². The SMILES string of the molecule is Nc1ccc2cnn(C3CC(F)(F)C3)c2n1. The van der Waals surface area contributed by atoms with Gasteiger partial charge in [-0.1, -0.05) is 0 Å². The molecule has 6 heteroatoms. The highest BCUT2D eigenvalue weighted by Gasteiger charge is 2.47. The molecular formula is C10H10F2N4. The van der Waals surface area contributed by atoms with Gasteiger partial charge in [0.15, 0.2) is 5.65 Å². The Hall–Kier alpha value is -1.72. The third-order valence-corrected chi connectivity index (χ3v) is 2.88. The smallest absolute Gasteiger partial charge is 0.252 e. The largest absolute Gasteiger partial charge is 0.384 e. The van der Waals surface area contributed by atoms with E-state index in [1.807, 2.05) is 0 Å². The highest BCUT2D eigenvalue weighted by molar-refractivity contribution is 5.76. The standard InChI is InChI=1S/C10H10F2N4/c11-10(12)3-7(4-10)16-9-6(5-14-16)1-2-8(13)15-9/h1-2,5,7H,3-4H2,(H2,13,15). The number of nitrogens with zero attached hydrogens (tertiary/aromatic N) is 3. The molecule has 3 rings (SSSR count). The Morgan fingerprint density at radius 2 is 2.12 bits per heavy atom. The van der Waals surface area contributed by atoms with E-state index in [0.29, 0.717) is 11.5 Å². The van der Waals surface area contributed by atoms with Gasteiger partial charge in [0, 0.05) is 18.2 Å². The van der Waals surface area contributed by atoms with Crippen LogP contribution in [0.15, 0.2) is 18.3 Å². The lowest BCUT2D eigenvalue weighted by molar-refractivity contribution is -0.106. The number of hydrogen-bond donors (Lipinski definition) is 1. The lowest BCUT2D eigenvalue weighted by Crippen LogP contribution is -2.37. The van der Waals surface area contributed by atoms with Crippen LogP contribution >= 0.6 is 0 Å². The Balaban J connectivity index is 2.02. The molecule has 84 valence electrons. The minimum Gasteiger partial charge on any atom is -0.384 e. The van der Waals surface area contributed by atoms with Crippen LogP contribution in [0.5, 0.6) is 0 Å². The number of nitrogens with two attached hydrogens (primary N) is 1. The molecule has 16 heavy (non-hydrogen) atoms. The zero-order chi connectivity index (χ0) is 11.3. The summed E-state index contributed by atoms with van der Waals surface area (Å²) in [6, 6.07) is 3.20. The van der Waals surface area contributed by atoms with E-state index in [4.69, 9.17) is 5.73 Å². The van der Waals surface area contributed by atoms with Gasteiger partial charge in [-0.2, -0.15) is 5.10 Å². The van der Waals surface area contributed by atoms with Gasteiger partial charge in [-0.25, -0.2) is 18.4 Å². The van der Waals surface area contributed by atoms with Crippen molar-refractivity contribution in [2.75, 3.05) is 5.73 Å². The third kappa shape index (κ3) is 1.33. The Kier molecular flexibility index (Phi) is 1.72. The van der Waals surface area contributed by atoms with Crippen LogP contribution in [0, 0.1) is 0 Å². The lowest BCUT2D eigenvalue weighted by Gasteiger charge is -2.34. The minimum absolute atomic E-state index is 0.166. The average Bonchev–Trinajstić information content (AvgIpc) is 2.56. The van der Waals surface area contributed by atoms with Crippen molar-refractivity contribution in [2.24, 2.45) is 0 Å². The predicted molar refractivity (Wildman–Crippen MR) is 55.2 cm³/mol. The second-order valence-corrected chi connectivity index (χ2v) is 4.16. The molecule has 1 aliphatic rings. The number of aromatic nitrogens is 3. The fourth-order valence-electron chi connectivity index (χ4n) is 2.01. The summed E-state index contributed by atoms with van der Waals surface area (Å²) in [6.45, 7) is 0. The summed E-state index contributed by atoms with van der Waals surface area (Å²) in [5.41, 5.74) is 6.15. The molecule has 0 amide bonds. The molecule has 4 nitrogen and oxygen atoms in total. The fraction of sp³-hybridized carbons (Fsp3) is 0.400. The number of pyridine rings is 1. The van der Waals surface area contributed by atoms with Gasteiger partial charge in [-0.3, -0.25) is 0 Å². The fourth-order valence-corrected chi connectivity index (χ4v) is 2.01. The van der Waals surface area contributed by atoms with Crippen LogP contribution < -0.4 is 5.73 Å². The van der Waals surface area contributed by atoms with Crippen LogP contribution in [0.1, 0.15) is 18.9 Å². The highest BCUT2D eigenvalue weighted by Crippen LogP contribution is 2.45. The molecule has 1 fully saturated rings. The van der Waals surface area contributed by atoms with E-state index in [0.717, 1.165) is 5.39 Å². The summed E-state index contributed by atoms with van der Waals surface area (Å²) in [7, 11) is 0. The molecule has 0 saturated heterocycles. The van der Waals surface area contributed by atoms with Gasteiger partial charge in [-0.15, -0.1) is 0 Å². The molecule has 0 aliphatic heterocycles. The van der Waals surface area contributed by atoms with E-state index in [1.54, 1.807) is 23.0 Å². The first-order valence-corrected chi connectivity index (χ1v) is 5.03. The summed E-state index contributed by atoms with van der Waals surface area (Å²) in [5.74, 6) is -2.18. The number of fused-ring (bicyclic) bond motifs is 1. The van der Waals surface area contributed by atoms with Crippen molar-refractivity contribution >= 4 is 16.9 Å². The van der Waals surface area contributed by atoms with Crippen molar-refractivity contribution < 1.29 is 8.78 Å². The molecule has 0 aromatic carbocycles. The highest BCUT2D eigenvalue weighted by atomic mass is 19.3. The van der Waals surface area contributed by atoms with Crippen LogP contribution in [0.4, 0.5) is 14.6 Å². The van der Waals surface area contributed by atoms with E-state index in [1.165, 1.54) is 0 Å². The number of rotatable bonds is 1. The first kappa shape index (κ1) is 9.50. The van der Waals surface area contributed by atoms with Crippen LogP contribution in [0.2, 0.25) is 0 Å². The molecule has 0 atom stereocenters. The van der Waals surface area contributed by atoms with E-state index in [-0.39, 0.29) is 18.9 Å². The van der Waals surface area contributed by atoms with Gasteiger partial charge < -0.3 is 5.73 Å². The van der Waals surface area contributed by atoms with Gasteiger partial charge >= 0.3 is 0 Å². The van der Waals surface area contributed by atoms with Gasteiger partial charge in [0.1, 0.15) is 5.82 Å². The predicted octanol–water partition coefficient (Wildman–Crippen LogP) is 1.98. The lowest BCUT2D eigenvalue weighted by atomic mass is 9.88. The Morgan fingerprint density at radius 1 is 1.38 bits per heavy atom. The molecule has 0 bridgehead atoms. The zero-order valence-corrected chi connectivity index (χ0v) is 8.40. The topological polar surface area (TPSA) is 56.7 Å². The van der Waals surface area contributed by atoms with Crippen LogP contribution in [0.3, 0.4) is 0 Å². The van der Waals surface area contributed by atoms with Crippen LogP contribution in [-0.4, -0.2) is 20.7 Å². The molecule has 0 unspecified atom stereocenters. The van der Waals surface area contributed by atoms with Crippen molar-refractivity contribution in [3.63, 3.8) is 0 Å². The second kappa shape index (κ2) is 2.90. The van der Waals surface area contributed by atoms with Crippen molar-refractivity contribution in [1.82, 2.24) is 14.8 Å². The first-order valence-electron chi connectivity index (χ1n) is 5.03. The number of alkyl halides is 2. The average molecular weight is 224 g/mol. The monoisotopic (exact) mass is 224 g/mol. The quantitative estimate of drug-likeness (QED) is 0.805. The molecule has 2 aromatic heterocycles. The van der Waals surface area contributed by atoms with Gasteiger partial charge in [0.2, 0.25) is 0 Å². The Labute approximate surface area is 90.1 Å². The van der Waals surface area contributed by atoms with Crippen molar-refractivity contribution in [3.8, 4) is 0 Å². The normalized spacial score (nSPS) is 19.9. The van der Waals surface area contributed by atoms with E-state index in [2.05, 4.69) is 10.1 Å². The van der Waals surface area contributed by atoms with Crippen LogP contribution in [0.25, 0.3) is 11.0 Å². The summed E-state index contributed by atoms with van der Waals surface area (Å²) >= 11 is 0. The van der Waals surface area contributed by atoms with Gasteiger partial charge in [0.25, 0.3) is 5.92 Å². The van der Waals surface area contributed by atoms with E-state index >= 15 is 0 Å². The summed E-state index contributed by atoms with van der Waals surface area (Å²) in [4.78, 5) is 4.12. The number of hydrogen-bond acceptors (Lipinski definition) is 3. The molecule has 2 heterocycles. The summed E-state index contributed by atoms with van der Waals surface area (Å²) in [6.07, 6.45) is 1.29. The van der Waals surface area contributed by atoms with Crippen LogP contribution in [-0.2, 0) is 0 Å². The molecule has 2 aromatic rings. The summed E-state index contributed by atoms with van der Waals surface area (Å²) in [5, 5.41) is 4.91. The molecule has 1 saturated carbocycles. The number of anilines is 1. The van der Waals surface area contributed by atoms with Crippen molar-refractivity contribution in [1.29, 1.82) is 0 Å². The molecule has 1 aliphatic carbocycles. The maximum Gasteiger partial charge on any atom is 0.252 e. The van der Waals surface area contributed by atoms with Crippen molar-refractivity contribution in [3.05, 3.63) is 18.3 Å². The molecular weight excluding hydrogens is 214 g/mol. The molecule has 2 N–H and O–H groups in total. The van der Waals surface area contributed by atoms with E-state index < -0.39 is 5.92 Å². The second-order valence-electron chi connectivity index (χ2n) is 4.16. The minimum atomic E-state index is -2.55. The Morgan fingerprint density at radius 3 is 2.81 bits per heavy atom. The Bertz CT molecular complexity index is 541. The van der Waals surface area contributed by atoms with Crippen molar-refractivity contribution in [2.45, 2.75) is 24.8 Å². The summed E-state index contributed by atoms with van der Waals surface area (Å²) < 4.78 is 27.1. The zero-order valence-electron chi connectivity index (χ0n) is 8.40. The van der Waals surface area contributed by atoms with Gasteiger partial charge in [0.05, 0.1) is 12.2 Å². The number of nitrogen functional groups attached to an aromatic ring is 1. The number of halogens is 2. The molecule has 0 radical (unpaired) electrons. The third-order valence-electron chi connectivity index (χ3n) is 2.88. The first-order chi connectivity index (χ1) is 7.55. The van der Waals surface area contributed by atoms with Gasteiger partial charge in [-0.05, 0) is 12.1 Å². The maximum absolute atomic E-state index is 12.8.